The normalized spacial score (nSPS) is 14.7. The van der Waals surface area contributed by atoms with Crippen molar-refractivity contribution >= 4 is 17.2 Å². The van der Waals surface area contributed by atoms with E-state index in [2.05, 4.69) is 6.58 Å². The van der Waals surface area contributed by atoms with Crippen LogP contribution in [0.4, 0.5) is 0 Å². The number of carbonyl (C=O) groups excluding carboxylic acids is 1. The van der Waals surface area contributed by atoms with Crippen LogP contribution < -0.4 is 0 Å². The predicted molar refractivity (Wildman–Crippen MR) is 101 cm³/mol. The predicted octanol–water partition coefficient (Wildman–Crippen LogP) is 4.39. The van der Waals surface area contributed by atoms with Crippen LogP contribution in [0.2, 0.25) is 0 Å². The second-order valence-corrected chi connectivity index (χ2v) is 7.14. The zero-order valence-electron chi connectivity index (χ0n) is 13.9. The Morgan fingerprint density at radius 3 is 2.52 bits per heavy atom. The first-order valence-electron chi connectivity index (χ1n) is 8.37. The highest BCUT2D eigenvalue weighted by molar-refractivity contribution is 7.13. The fourth-order valence-corrected chi connectivity index (χ4v) is 3.76. The van der Waals surface area contributed by atoms with Gasteiger partial charge in [0, 0.05) is 19.3 Å². The number of rotatable bonds is 3. The molecule has 0 saturated carbocycles. The summed E-state index contributed by atoms with van der Waals surface area (Å²) in [6.07, 6.45) is 3.62. The highest BCUT2D eigenvalue weighted by Gasteiger charge is 2.25. The number of aromatic nitrogens is 2. The molecule has 1 aliphatic rings. The Morgan fingerprint density at radius 1 is 1.08 bits per heavy atom. The van der Waals surface area contributed by atoms with Crippen LogP contribution in [0.1, 0.15) is 23.2 Å². The van der Waals surface area contributed by atoms with Gasteiger partial charge in [0.15, 0.2) is 0 Å². The summed E-state index contributed by atoms with van der Waals surface area (Å²) >= 11 is 1.60. The fraction of sp³-hybridized carbons (Fsp3) is 0.200. The fourth-order valence-electron chi connectivity index (χ4n) is 3.04. The minimum Gasteiger partial charge on any atom is -0.338 e. The molecule has 0 atom stereocenters. The molecule has 1 aliphatic heterocycles. The van der Waals surface area contributed by atoms with E-state index in [1.54, 1.807) is 16.0 Å². The summed E-state index contributed by atoms with van der Waals surface area (Å²) < 4.78 is 1.80. The molecule has 1 fully saturated rings. The Bertz CT molecular complexity index is 886. The summed E-state index contributed by atoms with van der Waals surface area (Å²) in [5.74, 6) is 0.0538. The van der Waals surface area contributed by atoms with Crippen LogP contribution in [0.3, 0.4) is 0 Å². The van der Waals surface area contributed by atoms with E-state index in [4.69, 9.17) is 5.10 Å². The maximum absolute atomic E-state index is 13.1. The van der Waals surface area contributed by atoms with Crippen molar-refractivity contribution < 1.29 is 4.79 Å². The van der Waals surface area contributed by atoms with Crippen molar-refractivity contribution in [2.45, 2.75) is 12.8 Å². The maximum Gasteiger partial charge on any atom is 0.257 e. The molecule has 1 amide bonds. The van der Waals surface area contributed by atoms with E-state index in [1.165, 1.54) is 5.57 Å². The van der Waals surface area contributed by atoms with Crippen LogP contribution in [-0.2, 0) is 0 Å². The summed E-state index contributed by atoms with van der Waals surface area (Å²) in [5, 5.41) is 6.73. The molecule has 0 aliphatic carbocycles. The van der Waals surface area contributed by atoms with Gasteiger partial charge in [-0.15, -0.1) is 11.3 Å². The number of hydrogen-bond donors (Lipinski definition) is 0. The molecule has 4 nitrogen and oxygen atoms in total. The maximum atomic E-state index is 13.1. The minimum absolute atomic E-state index is 0.0538. The minimum atomic E-state index is 0.0538. The molecule has 0 N–H and O–H groups in total. The number of thiophene rings is 1. The lowest BCUT2D eigenvalue weighted by molar-refractivity contribution is 0.0744. The molecule has 126 valence electrons. The van der Waals surface area contributed by atoms with Gasteiger partial charge in [0.05, 0.1) is 16.1 Å². The zero-order chi connectivity index (χ0) is 17.2. The summed E-state index contributed by atoms with van der Waals surface area (Å²) in [6.45, 7) is 5.50. The SMILES string of the molecule is C=C1CCN(C(=O)c2cn(-c3ccccc3)nc2-c2cccs2)CC1. The van der Waals surface area contributed by atoms with Crippen LogP contribution in [-0.4, -0.2) is 33.7 Å². The summed E-state index contributed by atoms with van der Waals surface area (Å²) in [6, 6.07) is 13.9. The van der Waals surface area contributed by atoms with Gasteiger partial charge in [-0.1, -0.05) is 36.4 Å². The number of amides is 1. The Hall–Kier alpha value is -2.66. The molecule has 2 aromatic heterocycles. The standard InChI is InChI=1S/C20H19N3OS/c1-15-9-11-22(12-10-15)20(24)17-14-23(16-6-3-2-4-7-16)21-19(17)18-8-5-13-25-18/h2-8,13-14H,1,9-12H2. The Balaban J connectivity index is 1.74. The summed E-state index contributed by atoms with van der Waals surface area (Å²) in [5.41, 5.74) is 3.60. The van der Waals surface area contributed by atoms with Crippen molar-refractivity contribution in [1.82, 2.24) is 14.7 Å². The number of piperidine rings is 1. The summed E-state index contributed by atoms with van der Waals surface area (Å²) in [4.78, 5) is 16.0. The third-order valence-corrected chi connectivity index (χ3v) is 5.35. The first-order chi connectivity index (χ1) is 12.2. The molecule has 5 heteroatoms. The number of hydrogen-bond acceptors (Lipinski definition) is 3. The highest BCUT2D eigenvalue weighted by Crippen LogP contribution is 2.29. The van der Waals surface area contributed by atoms with E-state index in [9.17, 15) is 4.79 Å². The average molecular weight is 349 g/mol. The van der Waals surface area contributed by atoms with Crippen molar-refractivity contribution in [2.75, 3.05) is 13.1 Å². The molecule has 0 radical (unpaired) electrons. The van der Waals surface area contributed by atoms with E-state index in [-0.39, 0.29) is 5.91 Å². The molecule has 25 heavy (non-hydrogen) atoms. The average Bonchev–Trinajstić information content (AvgIpc) is 3.32. The van der Waals surface area contributed by atoms with Crippen LogP contribution in [0.25, 0.3) is 16.3 Å². The van der Waals surface area contributed by atoms with E-state index in [0.717, 1.165) is 42.2 Å². The number of benzene rings is 1. The first-order valence-corrected chi connectivity index (χ1v) is 9.25. The molecule has 0 unspecified atom stereocenters. The second-order valence-electron chi connectivity index (χ2n) is 6.19. The zero-order valence-corrected chi connectivity index (χ0v) is 14.7. The number of likely N-dealkylation sites (tertiary alicyclic amines) is 1. The molecule has 1 saturated heterocycles. The smallest absolute Gasteiger partial charge is 0.257 e. The first kappa shape index (κ1) is 15.8. The lowest BCUT2D eigenvalue weighted by atomic mass is 10.0. The lowest BCUT2D eigenvalue weighted by Crippen LogP contribution is -2.36. The third-order valence-electron chi connectivity index (χ3n) is 4.48. The van der Waals surface area contributed by atoms with Gasteiger partial charge in [0.1, 0.15) is 5.69 Å². The van der Waals surface area contributed by atoms with Gasteiger partial charge < -0.3 is 4.90 Å². The van der Waals surface area contributed by atoms with Gasteiger partial charge in [-0.2, -0.15) is 5.10 Å². The Kier molecular flexibility index (Phi) is 4.24. The van der Waals surface area contributed by atoms with E-state index in [1.807, 2.05) is 58.9 Å². The molecular formula is C20H19N3OS. The number of carbonyl (C=O) groups is 1. The molecular weight excluding hydrogens is 330 g/mol. The number of nitrogens with zero attached hydrogens (tertiary/aromatic N) is 3. The van der Waals surface area contributed by atoms with Gasteiger partial charge in [-0.25, -0.2) is 4.68 Å². The van der Waals surface area contributed by atoms with Gasteiger partial charge in [0.2, 0.25) is 0 Å². The van der Waals surface area contributed by atoms with E-state index >= 15 is 0 Å². The van der Waals surface area contributed by atoms with Gasteiger partial charge in [-0.05, 0) is 36.4 Å². The van der Waals surface area contributed by atoms with E-state index < -0.39 is 0 Å². The van der Waals surface area contributed by atoms with Crippen LogP contribution in [0.15, 0.2) is 66.2 Å². The summed E-state index contributed by atoms with van der Waals surface area (Å²) in [7, 11) is 0. The third kappa shape index (κ3) is 3.15. The topological polar surface area (TPSA) is 38.1 Å². The molecule has 4 rings (SSSR count). The van der Waals surface area contributed by atoms with Crippen molar-refractivity contribution in [3.05, 3.63) is 71.8 Å². The van der Waals surface area contributed by atoms with Crippen molar-refractivity contribution in [3.63, 3.8) is 0 Å². The second kappa shape index (κ2) is 6.69. The molecule has 0 spiro atoms. The van der Waals surface area contributed by atoms with Crippen LogP contribution >= 0.6 is 11.3 Å². The highest BCUT2D eigenvalue weighted by atomic mass is 32.1. The van der Waals surface area contributed by atoms with Crippen LogP contribution in [0, 0.1) is 0 Å². The largest absolute Gasteiger partial charge is 0.338 e. The lowest BCUT2D eigenvalue weighted by Gasteiger charge is -2.27. The van der Waals surface area contributed by atoms with Crippen molar-refractivity contribution in [1.29, 1.82) is 0 Å². The molecule has 0 bridgehead atoms. The Morgan fingerprint density at radius 2 is 1.84 bits per heavy atom. The monoisotopic (exact) mass is 349 g/mol. The van der Waals surface area contributed by atoms with Crippen molar-refractivity contribution in [2.24, 2.45) is 0 Å². The molecule has 3 heterocycles. The van der Waals surface area contributed by atoms with Crippen molar-refractivity contribution in [3.8, 4) is 16.3 Å². The van der Waals surface area contributed by atoms with E-state index in [0.29, 0.717) is 5.56 Å². The van der Waals surface area contributed by atoms with Gasteiger partial charge in [0.25, 0.3) is 5.91 Å². The molecule has 3 aromatic rings. The van der Waals surface area contributed by atoms with Gasteiger partial charge in [-0.3, -0.25) is 4.79 Å². The van der Waals surface area contributed by atoms with Gasteiger partial charge >= 0.3 is 0 Å². The quantitative estimate of drug-likeness (QED) is 0.658. The Labute approximate surface area is 151 Å². The van der Waals surface area contributed by atoms with Crippen LogP contribution in [0.5, 0.6) is 0 Å². The molecule has 1 aromatic carbocycles. The number of para-hydroxylation sites is 1.